The van der Waals surface area contributed by atoms with E-state index in [4.69, 9.17) is 0 Å². The number of amides is 1. The SMILES string of the molecule is O=C(Nc1ccc(OC(F)(F)F)cc1)c1cnc(N2CCC(CO)C2)c(-c2ccc(C3CC3)nc2)c1. The van der Waals surface area contributed by atoms with Crippen molar-refractivity contribution >= 4 is 17.4 Å². The van der Waals surface area contributed by atoms with Gasteiger partial charge in [-0.15, -0.1) is 13.2 Å². The molecule has 36 heavy (non-hydrogen) atoms. The van der Waals surface area contributed by atoms with Gasteiger partial charge in [-0.25, -0.2) is 4.98 Å². The molecule has 0 bridgehead atoms. The maximum absolute atomic E-state index is 13.0. The normalized spacial score (nSPS) is 17.8. The Balaban J connectivity index is 1.40. The largest absolute Gasteiger partial charge is 0.573 e. The average Bonchev–Trinajstić information content (AvgIpc) is 3.61. The summed E-state index contributed by atoms with van der Waals surface area (Å²) in [7, 11) is 0. The molecule has 3 heterocycles. The second-order valence-electron chi connectivity index (χ2n) is 9.15. The number of hydrogen-bond donors (Lipinski definition) is 2. The Labute approximate surface area is 205 Å². The lowest BCUT2D eigenvalue weighted by Crippen LogP contribution is -2.23. The number of rotatable bonds is 7. The van der Waals surface area contributed by atoms with Crippen LogP contribution in [0.5, 0.6) is 5.75 Å². The number of pyridine rings is 2. The first-order valence-corrected chi connectivity index (χ1v) is 11.8. The second kappa shape index (κ2) is 9.77. The lowest BCUT2D eigenvalue weighted by molar-refractivity contribution is -0.274. The van der Waals surface area contributed by atoms with Crippen LogP contribution in [-0.2, 0) is 0 Å². The second-order valence-corrected chi connectivity index (χ2v) is 9.15. The van der Waals surface area contributed by atoms with Crippen LogP contribution in [0.25, 0.3) is 11.1 Å². The molecule has 188 valence electrons. The standard InChI is InChI=1S/C26H25F3N4O3/c27-26(28,29)36-21-6-4-20(5-7-21)32-25(35)19-11-22(18-3-8-23(30-12-18)17-1-2-17)24(31-13-19)33-10-9-16(14-33)15-34/h3-8,11-13,16-17,34H,1-2,9-10,14-15H2,(H,32,35). The smallest absolute Gasteiger partial charge is 0.406 e. The topological polar surface area (TPSA) is 87.6 Å². The molecule has 0 spiro atoms. The average molecular weight is 499 g/mol. The third-order valence-electron chi connectivity index (χ3n) is 6.41. The molecule has 5 rings (SSSR count). The van der Waals surface area contributed by atoms with Gasteiger partial charge in [0.2, 0.25) is 0 Å². The van der Waals surface area contributed by atoms with Crippen molar-refractivity contribution in [2.75, 3.05) is 29.9 Å². The molecule has 1 amide bonds. The van der Waals surface area contributed by atoms with E-state index in [0.717, 1.165) is 60.6 Å². The Morgan fingerprint density at radius 2 is 1.86 bits per heavy atom. The molecule has 1 unspecified atom stereocenters. The van der Waals surface area contributed by atoms with Gasteiger partial charge in [0.1, 0.15) is 11.6 Å². The monoisotopic (exact) mass is 498 g/mol. The molecule has 1 atom stereocenters. The molecule has 0 radical (unpaired) electrons. The molecule has 10 heteroatoms. The van der Waals surface area contributed by atoms with E-state index in [2.05, 4.69) is 24.9 Å². The highest BCUT2D eigenvalue weighted by atomic mass is 19.4. The predicted molar refractivity (Wildman–Crippen MR) is 128 cm³/mol. The summed E-state index contributed by atoms with van der Waals surface area (Å²) in [6, 6.07) is 10.7. The first kappa shape index (κ1) is 24.1. The van der Waals surface area contributed by atoms with Crippen LogP contribution < -0.4 is 15.0 Å². The van der Waals surface area contributed by atoms with Gasteiger partial charge in [-0.05, 0) is 55.7 Å². The highest BCUT2D eigenvalue weighted by molar-refractivity contribution is 6.05. The summed E-state index contributed by atoms with van der Waals surface area (Å²) in [6.45, 7) is 1.52. The molecule has 1 saturated carbocycles. The zero-order chi connectivity index (χ0) is 25.3. The minimum atomic E-state index is -4.78. The van der Waals surface area contributed by atoms with Gasteiger partial charge in [-0.1, -0.05) is 6.07 Å². The van der Waals surface area contributed by atoms with Crippen LogP contribution in [0.2, 0.25) is 0 Å². The Morgan fingerprint density at radius 3 is 2.47 bits per heavy atom. The number of aliphatic hydroxyl groups excluding tert-OH is 1. The van der Waals surface area contributed by atoms with Crippen LogP contribution in [0.15, 0.2) is 54.9 Å². The van der Waals surface area contributed by atoms with Gasteiger partial charge < -0.3 is 20.1 Å². The molecule has 7 nitrogen and oxygen atoms in total. The van der Waals surface area contributed by atoms with Gasteiger partial charge in [-0.3, -0.25) is 9.78 Å². The van der Waals surface area contributed by atoms with E-state index in [1.165, 1.54) is 18.3 Å². The lowest BCUT2D eigenvalue weighted by Gasteiger charge is -2.21. The highest BCUT2D eigenvalue weighted by Crippen LogP contribution is 2.40. The molecule has 1 aromatic carbocycles. The molecular weight excluding hydrogens is 473 g/mol. The van der Waals surface area contributed by atoms with Crippen molar-refractivity contribution < 1.29 is 27.8 Å². The fraction of sp³-hybridized carbons (Fsp3) is 0.346. The number of halogens is 3. The third kappa shape index (κ3) is 5.59. The number of nitrogens with one attached hydrogen (secondary N) is 1. The summed E-state index contributed by atoms with van der Waals surface area (Å²) in [4.78, 5) is 24.3. The number of anilines is 2. The zero-order valence-corrected chi connectivity index (χ0v) is 19.3. The van der Waals surface area contributed by atoms with Crippen LogP contribution in [0, 0.1) is 5.92 Å². The number of carbonyl (C=O) groups excluding carboxylic acids is 1. The molecular formula is C26H25F3N4O3. The van der Waals surface area contributed by atoms with Gasteiger partial charge in [0.25, 0.3) is 5.91 Å². The molecule has 1 aliphatic heterocycles. The van der Waals surface area contributed by atoms with Crippen molar-refractivity contribution in [3.05, 3.63) is 66.1 Å². The van der Waals surface area contributed by atoms with Crippen molar-refractivity contribution in [3.8, 4) is 16.9 Å². The van der Waals surface area contributed by atoms with E-state index in [-0.39, 0.29) is 18.3 Å². The van der Waals surface area contributed by atoms with Gasteiger partial charge >= 0.3 is 6.36 Å². The van der Waals surface area contributed by atoms with Crippen LogP contribution in [0.3, 0.4) is 0 Å². The summed E-state index contributed by atoms with van der Waals surface area (Å²) < 4.78 is 41.0. The Kier molecular flexibility index (Phi) is 6.53. The van der Waals surface area contributed by atoms with Gasteiger partial charge in [0, 0.05) is 66.4 Å². The van der Waals surface area contributed by atoms with Gasteiger partial charge in [0.15, 0.2) is 0 Å². The Morgan fingerprint density at radius 1 is 1.08 bits per heavy atom. The minimum absolute atomic E-state index is 0.108. The summed E-state index contributed by atoms with van der Waals surface area (Å²) in [6.07, 6.45) is 1.64. The molecule has 3 aromatic rings. The predicted octanol–water partition coefficient (Wildman–Crippen LogP) is 4.99. The maximum Gasteiger partial charge on any atom is 0.573 e. The first-order chi connectivity index (χ1) is 17.3. The van der Waals surface area contributed by atoms with Crippen molar-refractivity contribution in [1.82, 2.24) is 9.97 Å². The van der Waals surface area contributed by atoms with E-state index in [1.54, 1.807) is 12.3 Å². The number of ether oxygens (including phenoxy) is 1. The summed E-state index contributed by atoms with van der Waals surface area (Å²) in [5.74, 6) is 0.588. The van der Waals surface area contributed by atoms with Crippen molar-refractivity contribution in [2.45, 2.75) is 31.5 Å². The zero-order valence-electron chi connectivity index (χ0n) is 19.3. The molecule has 2 aromatic heterocycles. The number of nitrogens with zero attached hydrogens (tertiary/aromatic N) is 3. The van der Waals surface area contributed by atoms with E-state index in [9.17, 15) is 23.1 Å². The van der Waals surface area contributed by atoms with E-state index in [1.807, 2.05) is 12.1 Å². The van der Waals surface area contributed by atoms with Crippen molar-refractivity contribution in [3.63, 3.8) is 0 Å². The van der Waals surface area contributed by atoms with Gasteiger partial charge in [0.05, 0.1) is 5.56 Å². The molecule has 2 N–H and O–H groups in total. The third-order valence-corrected chi connectivity index (χ3v) is 6.41. The lowest BCUT2D eigenvalue weighted by atomic mass is 10.0. The summed E-state index contributed by atoms with van der Waals surface area (Å²) in [5.41, 5.74) is 3.26. The van der Waals surface area contributed by atoms with Crippen molar-refractivity contribution in [1.29, 1.82) is 0 Å². The number of carbonyl (C=O) groups is 1. The minimum Gasteiger partial charge on any atom is -0.406 e. The molecule has 1 aliphatic carbocycles. The van der Waals surface area contributed by atoms with Crippen LogP contribution >= 0.6 is 0 Å². The molecule has 1 saturated heterocycles. The van der Waals surface area contributed by atoms with Gasteiger partial charge in [-0.2, -0.15) is 0 Å². The quantitative estimate of drug-likeness (QED) is 0.477. The fourth-order valence-electron chi connectivity index (χ4n) is 4.35. The number of aliphatic hydroxyl groups is 1. The van der Waals surface area contributed by atoms with E-state index < -0.39 is 12.3 Å². The number of benzene rings is 1. The fourth-order valence-corrected chi connectivity index (χ4v) is 4.35. The summed E-state index contributed by atoms with van der Waals surface area (Å²) in [5, 5.41) is 12.2. The van der Waals surface area contributed by atoms with E-state index in [0.29, 0.717) is 23.7 Å². The number of hydrogen-bond acceptors (Lipinski definition) is 6. The van der Waals surface area contributed by atoms with Crippen LogP contribution in [0.4, 0.5) is 24.7 Å². The first-order valence-electron chi connectivity index (χ1n) is 11.8. The number of alkyl halides is 3. The van der Waals surface area contributed by atoms with E-state index >= 15 is 0 Å². The highest BCUT2D eigenvalue weighted by Gasteiger charge is 2.31. The van der Waals surface area contributed by atoms with Crippen LogP contribution in [-0.4, -0.2) is 47.0 Å². The molecule has 2 aliphatic rings. The molecule has 2 fully saturated rings. The number of aromatic nitrogens is 2. The van der Waals surface area contributed by atoms with Crippen LogP contribution in [0.1, 0.15) is 41.2 Å². The Hall–Kier alpha value is -3.66. The maximum atomic E-state index is 13.0. The van der Waals surface area contributed by atoms with Crippen molar-refractivity contribution in [2.24, 2.45) is 5.92 Å². The summed E-state index contributed by atoms with van der Waals surface area (Å²) >= 11 is 0. The Bertz CT molecular complexity index is 1230.